The van der Waals surface area contributed by atoms with Gasteiger partial charge in [0.15, 0.2) is 5.82 Å². The first-order valence-electron chi connectivity index (χ1n) is 6.88. The Kier molecular flexibility index (Phi) is 3.29. The molecule has 0 spiro atoms. The number of aliphatic carboxylic acids is 1. The van der Waals surface area contributed by atoms with Crippen molar-refractivity contribution in [3.05, 3.63) is 47.3 Å². The molecule has 0 atom stereocenters. The van der Waals surface area contributed by atoms with Gasteiger partial charge in [-0.05, 0) is 26.0 Å². The molecule has 0 amide bonds. The average molecular weight is 296 g/mol. The molecule has 3 aromatic rings. The first kappa shape index (κ1) is 14.1. The van der Waals surface area contributed by atoms with Crippen molar-refractivity contribution in [1.29, 1.82) is 0 Å². The number of carbonyl (C=O) groups is 1. The minimum atomic E-state index is -0.990. The van der Waals surface area contributed by atoms with Crippen LogP contribution in [0.5, 0.6) is 0 Å². The number of fused-ring (bicyclic) bond motifs is 1. The van der Waals surface area contributed by atoms with Crippen molar-refractivity contribution in [1.82, 2.24) is 19.6 Å². The standard InChI is InChI=1S/C16H16N4O2/c1-10-12-6-4-5-7-14(12)20(18-10)16-13(8-9-15(21)22)11(2)17-19(16)3/h4-9H,1-3H3,(H,21,22)/b9-8+. The Labute approximate surface area is 127 Å². The fourth-order valence-corrected chi connectivity index (χ4v) is 2.65. The molecule has 6 heteroatoms. The zero-order valence-electron chi connectivity index (χ0n) is 12.6. The van der Waals surface area contributed by atoms with Crippen LogP contribution >= 0.6 is 0 Å². The first-order chi connectivity index (χ1) is 10.5. The Bertz CT molecular complexity index is 902. The Balaban J connectivity index is 2.29. The number of benzene rings is 1. The number of hydrogen-bond acceptors (Lipinski definition) is 3. The lowest BCUT2D eigenvalue weighted by atomic mass is 10.2. The van der Waals surface area contributed by atoms with Gasteiger partial charge in [0.1, 0.15) is 0 Å². The Morgan fingerprint density at radius 1 is 1.18 bits per heavy atom. The summed E-state index contributed by atoms with van der Waals surface area (Å²) in [6.45, 7) is 3.80. The molecule has 112 valence electrons. The summed E-state index contributed by atoms with van der Waals surface area (Å²) in [6, 6.07) is 7.93. The van der Waals surface area contributed by atoms with Crippen LogP contribution < -0.4 is 0 Å². The molecular weight excluding hydrogens is 280 g/mol. The molecule has 0 aliphatic carbocycles. The molecule has 2 aromatic heterocycles. The van der Waals surface area contributed by atoms with E-state index >= 15 is 0 Å². The van der Waals surface area contributed by atoms with E-state index in [4.69, 9.17) is 5.11 Å². The van der Waals surface area contributed by atoms with Gasteiger partial charge in [-0.15, -0.1) is 0 Å². The predicted molar refractivity (Wildman–Crippen MR) is 84.0 cm³/mol. The number of hydrogen-bond donors (Lipinski definition) is 1. The number of aromatic nitrogens is 4. The van der Waals surface area contributed by atoms with Crippen LogP contribution in [0, 0.1) is 13.8 Å². The van der Waals surface area contributed by atoms with Crippen molar-refractivity contribution in [3.8, 4) is 5.82 Å². The largest absolute Gasteiger partial charge is 0.478 e. The lowest BCUT2D eigenvalue weighted by Crippen LogP contribution is -2.06. The summed E-state index contributed by atoms with van der Waals surface area (Å²) in [7, 11) is 1.83. The van der Waals surface area contributed by atoms with Gasteiger partial charge in [0.25, 0.3) is 0 Å². The average Bonchev–Trinajstić information content (AvgIpc) is 2.94. The number of carboxylic acid groups (broad SMARTS) is 1. The molecule has 0 saturated heterocycles. The highest BCUT2D eigenvalue weighted by Gasteiger charge is 2.17. The quantitative estimate of drug-likeness (QED) is 0.754. The monoisotopic (exact) mass is 296 g/mol. The normalized spacial score (nSPS) is 11.6. The van der Waals surface area contributed by atoms with Crippen molar-refractivity contribution < 1.29 is 9.90 Å². The summed E-state index contributed by atoms with van der Waals surface area (Å²) >= 11 is 0. The second kappa shape index (κ2) is 5.14. The van der Waals surface area contributed by atoms with Crippen molar-refractivity contribution in [2.45, 2.75) is 13.8 Å². The van der Waals surface area contributed by atoms with E-state index in [-0.39, 0.29) is 0 Å². The summed E-state index contributed by atoms with van der Waals surface area (Å²) in [5.74, 6) is -0.241. The van der Waals surface area contributed by atoms with Crippen molar-refractivity contribution in [2.24, 2.45) is 7.05 Å². The lowest BCUT2D eigenvalue weighted by molar-refractivity contribution is -0.131. The maximum atomic E-state index is 10.8. The van der Waals surface area contributed by atoms with E-state index in [1.54, 1.807) is 10.8 Å². The minimum Gasteiger partial charge on any atom is -0.478 e. The Hall–Kier alpha value is -2.89. The summed E-state index contributed by atoms with van der Waals surface area (Å²) in [5, 5.41) is 18.9. The molecule has 0 unspecified atom stereocenters. The fourth-order valence-electron chi connectivity index (χ4n) is 2.65. The number of aryl methyl sites for hydroxylation is 3. The molecule has 0 fully saturated rings. The van der Waals surface area contributed by atoms with Crippen LogP contribution in [0.3, 0.4) is 0 Å². The fraction of sp³-hybridized carbons (Fsp3) is 0.188. The molecule has 6 nitrogen and oxygen atoms in total. The third-order valence-electron chi connectivity index (χ3n) is 3.60. The van der Waals surface area contributed by atoms with Gasteiger partial charge >= 0.3 is 5.97 Å². The predicted octanol–water partition coefficient (Wildman–Crippen LogP) is 2.47. The molecule has 0 saturated carbocycles. The maximum absolute atomic E-state index is 10.8. The maximum Gasteiger partial charge on any atom is 0.328 e. The SMILES string of the molecule is Cc1nn(C)c(-n2nc(C)c3ccccc32)c1/C=C/C(=O)O. The van der Waals surface area contributed by atoms with E-state index in [0.717, 1.165) is 39.7 Å². The highest BCUT2D eigenvalue weighted by Crippen LogP contribution is 2.25. The minimum absolute atomic E-state index is 0.748. The van der Waals surface area contributed by atoms with Gasteiger partial charge in [-0.2, -0.15) is 10.2 Å². The van der Waals surface area contributed by atoms with Gasteiger partial charge < -0.3 is 5.11 Å². The van der Waals surface area contributed by atoms with E-state index in [0.29, 0.717) is 0 Å². The van der Waals surface area contributed by atoms with Gasteiger partial charge in [0.05, 0.1) is 16.9 Å². The molecule has 0 aliphatic rings. The van der Waals surface area contributed by atoms with Crippen LogP contribution in [0.2, 0.25) is 0 Å². The first-order valence-corrected chi connectivity index (χ1v) is 6.88. The highest BCUT2D eigenvalue weighted by atomic mass is 16.4. The molecule has 3 rings (SSSR count). The zero-order valence-corrected chi connectivity index (χ0v) is 12.6. The summed E-state index contributed by atoms with van der Waals surface area (Å²) in [6.07, 6.45) is 2.68. The second-order valence-corrected chi connectivity index (χ2v) is 5.13. The molecule has 0 bridgehead atoms. The number of para-hydroxylation sites is 1. The van der Waals surface area contributed by atoms with Gasteiger partial charge in [0, 0.05) is 24.1 Å². The molecule has 1 N–H and O–H groups in total. The molecule has 0 radical (unpaired) electrons. The molecular formula is C16H16N4O2. The Morgan fingerprint density at radius 3 is 2.64 bits per heavy atom. The van der Waals surface area contributed by atoms with E-state index < -0.39 is 5.97 Å². The van der Waals surface area contributed by atoms with E-state index in [1.807, 2.05) is 49.8 Å². The van der Waals surface area contributed by atoms with Gasteiger partial charge in [0.2, 0.25) is 0 Å². The third-order valence-corrected chi connectivity index (χ3v) is 3.60. The van der Waals surface area contributed by atoms with Crippen LogP contribution in [0.25, 0.3) is 22.8 Å². The number of carboxylic acids is 1. The van der Waals surface area contributed by atoms with Crippen LogP contribution in [0.1, 0.15) is 17.0 Å². The second-order valence-electron chi connectivity index (χ2n) is 5.13. The van der Waals surface area contributed by atoms with Crippen molar-refractivity contribution in [3.63, 3.8) is 0 Å². The number of nitrogens with zero attached hydrogens (tertiary/aromatic N) is 4. The van der Waals surface area contributed by atoms with E-state index in [1.165, 1.54) is 0 Å². The smallest absolute Gasteiger partial charge is 0.328 e. The third kappa shape index (κ3) is 2.18. The van der Waals surface area contributed by atoms with Gasteiger partial charge in [-0.1, -0.05) is 18.2 Å². The van der Waals surface area contributed by atoms with Crippen molar-refractivity contribution >= 4 is 22.9 Å². The van der Waals surface area contributed by atoms with E-state index in [9.17, 15) is 4.79 Å². The summed E-state index contributed by atoms with van der Waals surface area (Å²) in [4.78, 5) is 10.8. The molecule has 0 aliphatic heterocycles. The zero-order chi connectivity index (χ0) is 15.9. The topological polar surface area (TPSA) is 72.9 Å². The van der Waals surface area contributed by atoms with Crippen LogP contribution in [0.4, 0.5) is 0 Å². The lowest BCUT2D eigenvalue weighted by Gasteiger charge is -2.05. The highest BCUT2D eigenvalue weighted by molar-refractivity contribution is 5.87. The van der Waals surface area contributed by atoms with Crippen LogP contribution in [0.15, 0.2) is 30.3 Å². The Morgan fingerprint density at radius 2 is 1.91 bits per heavy atom. The molecule has 22 heavy (non-hydrogen) atoms. The van der Waals surface area contributed by atoms with Crippen molar-refractivity contribution in [2.75, 3.05) is 0 Å². The van der Waals surface area contributed by atoms with Gasteiger partial charge in [-0.25, -0.2) is 9.48 Å². The number of rotatable bonds is 3. The summed E-state index contributed by atoms with van der Waals surface area (Å²) in [5.41, 5.74) is 3.39. The molecule has 2 heterocycles. The molecule has 1 aromatic carbocycles. The van der Waals surface area contributed by atoms with Gasteiger partial charge in [-0.3, -0.25) is 4.68 Å². The summed E-state index contributed by atoms with van der Waals surface area (Å²) < 4.78 is 3.53. The van der Waals surface area contributed by atoms with Crippen LogP contribution in [-0.2, 0) is 11.8 Å². The van der Waals surface area contributed by atoms with Crippen LogP contribution in [-0.4, -0.2) is 30.6 Å². The van der Waals surface area contributed by atoms with E-state index in [2.05, 4.69) is 10.2 Å².